The Morgan fingerprint density at radius 2 is 2.14 bits per heavy atom. The van der Waals surface area contributed by atoms with Gasteiger partial charge in [-0.15, -0.1) is 0 Å². The summed E-state index contributed by atoms with van der Waals surface area (Å²) >= 11 is 0. The first-order valence-electron chi connectivity index (χ1n) is 6.80. The van der Waals surface area contributed by atoms with Crippen LogP contribution >= 0.6 is 0 Å². The first-order valence-corrected chi connectivity index (χ1v) is 6.80. The average Bonchev–Trinajstić information content (AvgIpc) is 3.10. The van der Waals surface area contributed by atoms with Crippen LogP contribution in [0.25, 0.3) is 0 Å². The largest absolute Gasteiger partial charge is 0.396 e. The number of halogens is 1. The number of nitrogens with two attached hydrogens (primary N) is 1. The normalized spacial score (nSPS) is 14.4. The highest BCUT2D eigenvalue weighted by molar-refractivity contribution is 6.06. The zero-order chi connectivity index (χ0) is 14.8. The van der Waals surface area contributed by atoms with E-state index in [0.29, 0.717) is 11.4 Å². The quantitative estimate of drug-likeness (QED) is 0.806. The van der Waals surface area contributed by atoms with Crippen molar-refractivity contribution < 1.29 is 9.18 Å². The maximum atomic E-state index is 14.1. The molecule has 1 saturated heterocycles. The van der Waals surface area contributed by atoms with Crippen LogP contribution in [-0.2, 0) is 0 Å². The number of amides is 1. The molecule has 1 fully saturated rings. The van der Waals surface area contributed by atoms with E-state index in [1.54, 1.807) is 12.1 Å². The molecule has 0 spiro atoms. The van der Waals surface area contributed by atoms with E-state index in [4.69, 9.17) is 5.73 Å². The molecule has 1 aliphatic heterocycles. The number of nitrogens with one attached hydrogen (secondary N) is 2. The van der Waals surface area contributed by atoms with E-state index in [2.05, 4.69) is 15.5 Å². The third-order valence-electron chi connectivity index (χ3n) is 3.55. The Kier molecular flexibility index (Phi) is 3.47. The number of hydrogen-bond acceptors (Lipinski definition) is 4. The topological polar surface area (TPSA) is 87.0 Å². The van der Waals surface area contributed by atoms with Gasteiger partial charge >= 0.3 is 0 Å². The summed E-state index contributed by atoms with van der Waals surface area (Å²) in [6.45, 7) is 1.74. The summed E-state index contributed by atoms with van der Waals surface area (Å²) in [7, 11) is 0. The van der Waals surface area contributed by atoms with Gasteiger partial charge in [0.15, 0.2) is 0 Å². The van der Waals surface area contributed by atoms with E-state index in [1.165, 1.54) is 12.3 Å². The monoisotopic (exact) mass is 289 g/mol. The summed E-state index contributed by atoms with van der Waals surface area (Å²) in [5.41, 5.74) is 6.97. The third kappa shape index (κ3) is 2.67. The molecule has 0 unspecified atom stereocenters. The van der Waals surface area contributed by atoms with Crippen molar-refractivity contribution in [2.45, 2.75) is 12.8 Å². The molecule has 0 atom stereocenters. The van der Waals surface area contributed by atoms with Gasteiger partial charge in [-0.25, -0.2) is 4.39 Å². The van der Waals surface area contributed by atoms with Crippen molar-refractivity contribution in [3.63, 3.8) is 0 Å². The van der Waals surface area contributed by atoms with Crippen LogP contribution in [0, 0.1) is 5.82 Å². The Bertz CT molecular complexity index is 663. The van der Waals surface area contributed by atoms with Crippen LogP contribution in [0.3, 0.4) is 0 Å². The highest BCUT2D eigenvalue weighted by Gasteiger charge is 2.17. The first kappa shape index (κ1) is 13.4. The molecule has 3 rings (SSSR count). The fourth-order valence-electron chi connectivity index (χ4n) is 2.47. The molecule has 1 aliphatic rings. The molecule has 0 bridgehead atoms. The van der Waals surface area contributed by atoms with Crippen molar-refractivity contribution in [3.8, 4) is 0 Å². The number of rotatable bonds is 3. The molecular weight excluding hydrogens is 273 g/mol. The number of nitrogen functional groups attached to an aromatic ring is 1. The highest BCUT2D eigenvalue weighted by Crippen LogP contribution is 2.26. The minimum Gasteiger partial charge on any atom is -0.396 e. The number of carbonyl (C=O) groups excluding carboxylic acids is 1. The molecular formula is C14H16FN5O. The number of hydrogen-bond donors (Lipinski definition) is 3. The lowest BCUT2D eigenvalue weighted by Crippen LogP contribution is -2.19. The lowest BCUT2D eigenvalue weighted by molar-refractivity contribution is 0.102. The summed E-state index contributed by atoms with van der Waals surface area (Å²) in [6.07, 6.45) is 3.51. The van der Waals surface area contributed by atoms with Crippen molar-refractivity contribution in [1.29, 1.82) is 0 Å². The fourth-order valence-corrected chi connectivity index (χ4v) is 2.47. The smallest absolute Gasteiger partial charge is 0.275 e. The van der Waals surface area contributed by atoms with E-state index in [1.807, 2.05) is 4.90 Å². The van der Waals surface area contributed by atoms with E-state index in [9.17, 15) is 9.18 Å². The fraction of sp³-hybridized carbons (Fsp3) is 0.286. The van der Waals surface area contributed by atoms with Gasteiger partial charge in [-0.2, -0.15) is 5.10 Å². The van der Waals surface area contributed by atoms with Crippen molar-refractivity contribution in [2.75, 3.05) is 29.0 Å². The van der Waals surface area contributed by atoms with E-state index >= 15 is 0 Å². The number of aromatic nitrogens is 2. The summed E-state index contributed by atoms with van der Waals surface area (Å²) in [5.74, 6) is -0.786. The van der Waals surface area contributed by atoms with Gasteiger partial charge in [0.25, 0.3) is 5.91 Å². The summed E-state index contributed by atoms with van der Waals surface area (Å²) < 4.78 is 14.1. The summed E-state index contributed by atoms with van der Waals surface area (Å²) in [5, 5.41) is 8.78. The lowest BCUT2D eigenvalue weighted by Gasteiger charge is -2.18. The number of nitrogens with zero attached hydrogens (tertiary/aromatic N) is 2. The van der Waals surface area contributed by atoms with Gasteiger partial charge in [0.1, 0.15) is 11.5 Å². The Hall–Kier alpha value is -2.57. The van der Waals surface area contributed by atoms with Crippen molar-refractivity contribution in [3.05, 3.63) is 35.9 Å². The average molecular weight is 289 g/mol. The minimum atomic E-state index is -0.446. The standard InChI is InChI=1S/C14H16FN5O/c15-10-7-9(3-4-12(10)20-5-1-2-6-20)18-14(21)13-11(16)8-17-19-13/h3-4,7-8H,1-2,5-6,16H2,(H,17,19)(H,18,21). The maximum absolute atomic E-state index is 14.1. The molecule has 0 aliphatic carbocycles. The predicted octanol–water partition coefficient (Wildman–Crippen LogP) is 1.98. The molecule has 110 valence electrons. The molecule has 21 heavy (non-hydrogen) atoms. The number of aromatic amines is 1. The first-order chi connectivity index (χ1) is 10.1. The highest BCUT2D eigenvalue weighted by atomic mass is 19.1. The summed E-state index contributed by atoms with van der Waals surface area (Å²) in [4.78, 5) is 14.0. The summed E-state index contributed by atoms with van der Waals surface area (Å²) in [6, 6.07) is 4.69. The van der Waals surface area contributed by atoms with Crippen LogP contribution in [0.5, 0.6) is 0 Å². The Balaban J connectivity index is 1.76. The number of H-pyrrole nitrogens is 1. The Morgan fingerprint density at radius 3 is 2.76 bits per heavy atom. The zero-order valence-corrected chi connectivity index (χ0v) is 11.4. The minimum absolute atomic E-state index is 0.166. The molecule has 1 aromatic carbocycles. The van der Waals surface area contributed by atoms with Crippen molar-refractivity contribution in [2.24, 2.45) is 0 Å². The second-order valence-electron chi connectivity index (χ2n) is 5.01. The predicted molar refractivity (Wildman–Crippen MR) is 78.8 cm³/mol. The van der Waals surface area contributed by atoms with Crippen LogP contribution in [0.15, 0.2) is 24.4 Å². The third-order valence-corrected chi connectivity index (χ3v) is 3.55. The molecule has 0 radical (unpaired) electrons. The van der Waals surface area contributed by atoms with Gasteiger partial charge < -0.3 is 16.0 Å². The molecule has 4 N–H and O–H groups in total. The van der Waals surface area contributed by atoms with E-state index < -0.39 is 5.91 Å². The lowest BCUT2D eigenvalue weighted by atomic mass is 10.2. The van der Waals surface area contributed by atoms with Crippen molar-refractivity contribution >= 4 is 23.0 Å². The number of carbonyl (C=O) groups is 1. The van der Waals surface area contributed by atoms with Crippen LogP contribution in [0.4, 0.5) is 21.5 Å². The molecule has 0 saturated carbocycles. The van der Waals surface area contributed by atoms with Gasteiger partial charge in [-0.3, -0.25) is 9.89 Å². The molecule has 1 aromatic heterocycles. The van der Waals surface area contributed by atoms with Crippen LogP contribution in [-0.4, -0.2) is 29.2 Å². The molecule has 2 aromatic rings. The molecule has 7 heteroatoms. The Labute approximate surface area is 121 Å². The van der Waals surface area contributed by atoms with Gasteiger partial charge in [-0.1, -0.05) is 0 Å². The SMILES string of the molecule is Nc1cn[nH]c1C(=O)Nc1ccc(N2CCCC2)c(F)c1. The van der Waals surface area contributed by atoms with E-state index in [-0.39, 0.29) is 17.2 Å². The molecule has 2 heterocycles. The van der Waals surface area contributed by atoms with Crippen LogP contribution in [0.2, 0.25) is 0 Å². The second-order valence-corrected chi connectivity index (χ2v) is 5.01. The van der Waals surface area contributed by atoms with Gasteiger partial charge in [0.05, 0.1) is 17.6 Å². The number of benzene rings is 1. The van der Waals surface area contributed by atoms with Gasteiger partial charge in [-0.05, 0) is 31.0 Å². The van der Waals surface area contributed by atoms with Crippen molar-refractivity contribution in [1.82, 2.24) is 10.2 Å². The second kappa shape index (κ2) is 5.43. The van der Waals surface area contributed by atoms with E-state index in [0.717, 1.165) is 25.9 Å². The van der Waals surface area contributed by atoms with Crippen LogP contribution < -0.4 is 16.0 Å². The molecule has 6 nitrogen and oxygen atoms in total. The van der Waals surface area contributed by atoms with Gasteiger partial charge in [0.2, 0.25) is 0 Å². The zero-order valence-electron chi connectivity index (χ0n) is 11.4. The molecule has 1 amide bonds. The Morgan fingerprint density at radius 1 is 1.38 bits per heavy atom. The van der Waals surface area contributed by atoms with Gasteiger partial charge in [0, 0.05) is 18.8 Å². The maximum Gasteiger partial charge on any atom is 0.275 e. The van der Waals surface area contributed by atoms with Crippen LogP contribution in [0.1, 0.15) is 23.3 Å². The number of anilines is 3.